The first kappa shape index (κ1) is 25.2. The molecule has 0 fully saturated rings. The maximum absolute atomic E-state index is 11.0. The van der Waals surface area contributed by atoms with Gasteiger partial charge in [0.05, 0.1) is 24.8 Å². The van der Waals surface area contributed by atoms with Crippen molar-refractivity contribution < 1.29 is 24.1 Å². The second-order valence-electron chi connectivity index (χ2n) is 9.31. The molecule has 0 saturated carbocycles. The molecule has 2 aromatic carbocycles. The minimum Gasteiger partial charge on any atom is -0.487 e. The topological polar surface area (TPSA) is 95.7 Å². The number of benzene rings is 2. The maximum Gasteiger partial charge on any atom is 0.307 e. The molecular formula is C26H33N3O5. The van der Waals surface area contributed by atoms with Crippen LogP contribution in [0.3, 0.4) is 0 Å². The van der Waals surface area contributed by atoms with Crippen molar-refractivity contribution >= 4 is 5.97 Å². The fraction of sp³-hybridized carbons (Fsp3) is 0.423. The highest BCUT2D eigenvalue weighted by Crippen LogP contribution is 2.34. The summed E-state index contributed by atoms with van der Waals surface area (Å²) in [5, 5.41) is 17.5. The van der Waals surface area contributed by atoms with E-state index < -0.39 is 5.97 Å². The van der Waals surface area contributed by atoms with Crippen molar-refractivity contribution in [1.82, 2.24) is 15.0 Å². The zero-order chi connectivity index (χ0) is 25.0. The number of aliphatic carboxylic acids is 1. The Balaban J connectivity index is 1.74. The summed E-state index contributed by atoms with van der Waals surface area (Å²) < 4.78 is 19.3. The third-order valence-electron chi connectivity index (χ3n) is 5.55. The molecule has 0 aliphatic heterocycles. The second kappa shape index (κ2) is 10.3. The third-order valence-corrected chi connectivity index (χ3v) is 5.55. The van der Waals surface area contributed by atoms with Gasteiger partial charge in [-0.3, -0.25) is 4.79 Å². The van der Waals surface area contributed by atoms with E-state index in [1.807, 2.05) is 72.0 Å². The fourth-order valence-corrected chi connectivity index (χ4v) is 4.02. The maximum atomic E-state index is 11.0. The van der Waals surface area contributed by atoms with Crippen molar-refractivity contribution in [2.45, 2.75) is 60.1 Å². The van der Waals surface area contributed by atoms with Gasteiger partial charge in [0, 0.05) is 7.11 Å². The van der Waals surface area contributed by atoms with Gasteiger partial charge in [-0.25, -0.2) is 4.68 Å². The number of rotatable bonds is 10. The molecule has 0 unspecified atom stereocenters. The molecule has 0 atom stereocenters. The Morgan fingerprint density at radius 1 is 1.00 bits per heavy atom. The predicted octanol–water partition coefficient (Wildman–Crippen LogP) is 4.89. The molecule has 34 heavy (non-hydrogen) atoms. The molecule has 1 N–H and O–H groups in total. The van der Waals surface area contributed by atoms with Crippen molar-refractivity contribution in [3.63, 3.8) is 0 Å². The summed E-state index contributed by atoms with van der Waals surface area (Å²) in [5.41, 5.74) is 4.87. The minimum atomic E-state index is -0.851. The fourth-order valence-electron chi connectivity index (χ4n) is 4.02. The lowest BCUT2D eigenvalue weighted by atomic mass is 10.0. The van der Waals surface area contributed by atoms with Crippen molar-refractivity contribution in [3.8, 4) is 17.2 Å². The SMILES string of the molecule is COCC(C)(C)n1cc(COc2c(C)cc(Oc3c(C)cc(CC(=O)O)cc3C)cc2C)nn1. The normalized spacial score (nSPS) is 11.5. The number of nitrogens with zero attached hydrogens (tertiary/aromatic N) is 3. The van der Waals surface area contributed by atoms with E-state index in [2.05, 4.69) is 10.3 Å². The largest absolute Gasteiger partial charge is 0.487 e. The van der Waals surface area contributed by atoms with Gasteiger partial charge in [-0.2, -0.15) is 0 Å². The first-order chi connectivity index (χ1) is 16.0. The van der Waals surface area contributed by atoms with Gasteiger partial charge in [-0.05, 0) is 81.5 Å². The zero-order valence-electron chi connectivity index (χ0n) is 20.9. The van der Waals surface area contributed by atoms with Gasteiger partial charge in [-0.15, -0.1) is 5.10 Å². The summed E-state index contributed by atoms with van der Waals surface area (Å²) in [6.07, 6.45) is 1.87. The number of hydrogen-bond acceptors (Lipinski definition) is 6. The minimum absolute atomic E-state index is 0.0101. The van der Waals surface area contributed by atoms with E-state index in [1.165, 1.54) is 0 Å². The number of methoxy groups -OCH3 is 1. The summed E-state index contributed by atoms with van der Waals surface area (Å²) >= 11 is 0. The first-order valence-corrected chi connectivity index (χ1v) is 11.1. The third kappa shape index (κ3) is 5.94. The highest BCUT2D eigenvalue weighted by molar-refractivity contribution is 5.70. The van der Waals surface area contributed by atoms with E-state index in [-0.39, 0.29) is 12.0 Å². The van der Waals surface area contributed by atoms with Crippen LogP contribution in [0.4, 0.5) is 0 Å². The lowest BCUT2D eigenvalue weighted by Gasteiger charge is -2.23. The monoisotopic (exact) mass is 467 g/mol. The molecule has 0 aliphatic rings. The number of ether oxygens (including phenoxy) is 3. The molecule has 8 nitrogen and oxygen atoms in total. The molecule has 3 aromatic rings. The van der Waals surface area contributed by atoms with Crippen LogP contribution in [0.2, 0.25) is 0 Å². The van der Waals surface area contributed by atoms with Crippen LogP contribution < -0.4 is 9.47 Å². The lowest BCUT2D eigenvalue weighted by Crippen LogP contribution is -2.32. The molecule has 0 amide bonds. The van der Waals surface area contributed by atoms with Gasteiger partial charge < -0.3 is 19.3 Å². The van der Waals surface area contributed by atoms with Crippen LogP contribution in [0.15, 0.2) is 30.5 Å². The van der Waals surface area contributed by atoms with E-state index >= 15 is 0 Å². The van der Waals surface area contributed by atoms with Crippen LogP contribution in [0, 0.1) is 27.7 Å². The lowest BCUT2D eigenvalue weighted by molar-refractivity contribution is -0.136. The Bertz CT molecular complexity index is 1140. The van der Waals surface area contributed by atoms with E-state index in [0.29, 0.717) is 19.0 Å². The van der Waals surface area contributed by atoms with Gasteiger partial charge in [-0.1, -0.05) is 17.3 Å². The molecule has 8 heteroatoms. The quantitative estimate of drug-likeness (QED) is 0.453. The molecule has 1 aromatic heterocycles. The Morgan fingerprint density at radius 3 is 2.15 bits per heavy atom. The van der Waals surface area contributed by atoms with Gasteiger partial charge in [0.25, 0.3) is 0 Å². The van der Waals surface area contributed by atoms with Gasteiger partial charge in [0.2, 0.25) is 0 Å². The van der Waals surface area contributed by atoms with E-state index in [9.17, 15) is 4.79 Å². The zero-order valence-corrected chi connectivity index (χ0v) is 20.9. The van der Waals surface area contributed by atoms with E-state index in [4.69, 9.17) is 19.3 Å². The number of carboxylic acid groups (broad SMARTS) is 1. The van der Waals surface area contributed by atoms with Crippen LogP contribution >= 0.6 is 0 Å². The van der Waals surface area contributed by atoms with Crippen molar-refractivity contribution in [3.05, 3.63) is 64.0 Å². The molecule has 3 rings (SSSR count). The molecule has 0 bridgehead atoms. The van der Waals surface area contributed by atoms with E-state index in [1.54, 1.807) is 11.8 Å². The molecule has 182 valence electrons. The molecule has 1 heterocycles. The molecular weight excluding hydrogens is 434 g/mol. The number of hydrogen-bond donors (Lipinski definition) is 1. The summed E-state index contributed by atoms with van der Waals surface area (Å²) in [6.45, 7) is 12.7. The van der Waals surface area contributed by atoms with Crippen LogP contribution in [0.1, 0.15) is 47.4 Å². The average Bonchev–Trinajstić information content (AvgIpc) is 3.20. The van der Waals surface area contributed by atoms with Crippen molar-refractivity contribution in [2.24, 2.45) is 0 Å². The smallest absolute Gasteiger partial charge is 0.307 e. The molecule has 0 radical (unpaired) electrons. The number of aromatic nitrogens is 3. The Morgan fingerprint density at radius 2 is 1.59 bits per heavy atom. The van der Waals surface area contributed by atoms with Crippen LogP contribution in [-0.2, 0) is 28.1 Å². The Hall–Kier alpha value is -3.39. The van der Waals surface area contributed by atoms with Gasteiger partial charge >= 0.3 is 5.97 Å². The Kier molecular flexibility index (Phi) is 7.61. The highest BCUT2D eigenvalue weighted by atomic mass is 16.5. The van der Waals surface area contributed by atoms with Crippen LogP contribution in [0.25, 0.3) is 0 Å². The van der Waals surface area contributed by atoms with Crippen molar-refractivity contribution in [2.75, 3.05) is 13.7 Å². The molecule has 0 aliphatic carbocycles. The Labute approximate surface area is 200 Å². The second-order valence-corrected chi connectivity index (χ2v) is 9.31. The standard InChI is InChI=1S/C26H33N3O5/c1-16-8-20(12-23(30)31)9-17(2)25(16)34-22-10-18(3)24(19(4)11-22)33-14-21-13-29(28-27-21)26(5,6)15-32-7/h8-11,13H,12,14-15H2,1-7H3,(H,30,31). The number of aryl methyl sites for hydroxylation is 4. The number of carbonyl (C=O) groups is 1. The first-order valence-electron chi connectivity index (χ1n) is 11.1. The molecule has 0 spiro atoms. The summed E-state index contributed by atoms with van der Waals surface area (Å²) in [5.74, 6) is 1.36. The summed E-state index contributed by atoms with van der Waals surface area (Å²) in [7, 11) is 1.67. The van der Waals surface area contributed by atoms with E-state index in [0.717, 1.165) is 45.0 Å². The van der Waals surface area contributed by atoms with Crippen LogP contribution in [-0.4, -0.2) is 39.8 Å². The predicted molar refractivity (Wildman–Crippen MR) is 129 cm³/mol. The summed E-state index contributed by atoms with van der Waals surface area (Å²) in [6, 6.07) is 7.58. The van der Waals surface area contributed by atoms with Gasteiger partial charge in [0.1, 0.15) is 29.5 Å². The van der Waals surface area contributed by atoms with Crippen molar-refractivity contribution in [1.29, 1.82) is 0 Å². The average molecular weight is 468 g/mol. The molecule has 0 saturated heterocycles. The van der Waals surface area contributed by atoms with Gasteiger partial charge in [0.15, 0.2) is 0 Å². The number of carboxylic acids is 1. The highest BCUT2D eigenvalue weighted by Gasteiger charge is 2.22. The summed E-state index contributed by atoms with van der Waals surface area (Å²) in [4.78, 5) is 11.0. The van der Waals surface area contributed by atoms with Crippen LogP contribution in [0.5, 0.6) is 17.2 Å².